The zero-order chi connectivity index (χ0) is 24.6. The Labute approximate surface area is 186 Å². The van der Waals surface area contributed by atoms with E-state index in [-0.39, 0.29) is 17.1 Å². The first kappa shape index (κ1) is 24.6. The van der Waals surface area contributed by atoms with Crippen LogP contribution in [0.4, 0.5) is 19.0 Å². The van der Waals surface area contributed by atoms with Crippen LogP contribution in [0.1, 0.15) is 22.4 Å². The lowest BCUT2D eigenvalue weighted by molar-refractivity contribution is -0.192. The van der Waals surface area contributed by atoms with Gasteiger partial charge in [0, 0.05) is 18.0 Å². The van der Waals surface area contributed by atoms with Gasteiger partial charge in [0.25, 0.3) is 0 Å². The molecule has 1 aromatic carbocycles. The number of aliphatic carboxylic acids is 1. The number of rotatable bonds is 4. The number of carboxylic acid groups (broad SMARTS) is 1. The molecule has 11 heteroatoms. The first-order valence-electron chi connectivity index (χ1n) is 9.19. The van der Waals surface area contributed by atoms with E-state index in [2.05, 4.69) is 16.0 Å². The number of benzene rings is 1. The van der Waals surface area contributed by atoms with Gasteiger partial charge in [-0.3, -0.25) is 4.98 Å². The van der Waals surface area contributed by atoms with E-state index in [0.717, 1.165) is 5.56 Å². The Morgan fingerprint density at radius 2 is 1.67 bits per heavy atom. The van der Waals surface area contributed by atoms with Gasteiger partial charge in [-0.15, -0.1) is 0 Å². The number of hydrogen-bond donors (Lipinski definition) is 3. The summed E-state index contributed by atoms with van der Waals surface area (Å²) >= 11 is 0. The minimum absolute atomic E-state index is 0.0454. The van der Waals surface area contributed by atoms with E-state index < -0.39 is 12.1 Å². The molecule has 4 N–H and O–H groups in total. The van der Waals surface area contributed by atoms with Gasteiger partial charge in [0.05, 0.1) is 11.3 Å². The van der Waals surface area contributed by atoms with Gasteiger partial charge in [0.15, 0.2) is 0 Å². The number of aromatic hydroxyl groups is 1. The summed E-state index contributed by atoms with van der Waals surface area (Å²) in [6.07, 6.45) is -0.512. The molecule has 0 fully saturated rings. The summed E-state index contributed by atoms with van der Waals surface area (Å²) in [7, 11) is 0. The van der Waals surface area contributed by atoms with Crippen molar-refractivity contribution in [3.63, 3.8) is 0 Å². The van der Waals surface area contributed by atoms with E-state index in [1.54, 1.807) is 24.5 Å². The Hall–Kier alpha value is -4.64. The topological polar surface area (TPSA) is 157 Å². The van der Waals surface area contributed by atoms with Crippen LogP contribution in [-0.4, -0.2) is 32.3 Å². The molecule has 0 spiro atoms. The van der Waals surface area contributed by atoms with Gasteiger partial charge in [-0.1, -0.05) is 12.1 Å². The smallest absolute Gasteiger partial charge is 0.490 e. The molecule has 0 aliphatic rings. The van der Waals surface area contributed by atoms with Gasteiger partial charge in [-0.2, -0.15) is 23.7 Å². The molecule has 0 aliphatic heterocycles. The lowest BCUT2D eigenvalue weighted by Crippen LogP contribution is -2.21. The predicted octanol–water partition coefficient (Wildman–Crippen LogP) is 3.59. The minimum Gasteiger partial charge on any atom is -0.508 e. The molecule has 0 aliphatic carbocycles. The summed E-state index contributed by atoms with van der Waals surface area (Å²) in [5, 5.41) is 36.1. The number of pyridine rings is 2. The molecule has 0 bridgehead atoms. The Balaban J connectivity index is 0.000000479. The number of aromatic nitrogens is 2. The number of nitriles is 2. The fraction of sp³-hybridized carbons (Fsp3) is 0.136. The van der Waals surface area contributed by atoms with Crippen LogP contribution in [0.3, 0.4) is 0 Å². The van der Waals surface area contributed by atoms with Crippen molar-refractivity contribution < 1.29 is 28.2 Å². The highest BCUT2D eigenvalue weighted by atomic mass is 19.4. The maximum Gasteiger partial charge on any atom is 0.490 e. The summed E-state index contributed by atoms with van der Waals surface area (Å²) in [6.45, 7) is 0. The number of nitrogens with two attached hydrogens (primary N) is 1. The van der Waals surface area contributed by atoms with Crippen LogP contribution in [-0.2, 0) is 17.6 Å². The maximum atomic E-state index is 10.6. The monoisotopic (exact) mass is 455 g/mol. The predicted molar refractivity (Wildman–Crippen MR) is 111 cm³/mol. The number of aryl methyl sites for hydroxylation is 2. The van der Waals surface area contributed by atoms with Crippen LogP contribution in [0, 0.1) is 22.7 Å². The second kappa shape index (κ2) is 10.6. The Kier molecular flexibility index (Phi) is 7.91. The first-order valence-corrected chi connectivity index (χ1v) is 9.19. The lowest BCUT2D eigenvalue weighted by Gasteiger charge is -2.13. The van der Waals surface area contributed by atoms with Crippen LogP contribution >= 0.6 is 0 Å². The summed E-state index contributed by atoms with van der Waals surface area (Å²) in [5.41, 5.74) is 8.97. The number of alkyl halides is 3. The summed E-state index contributed by atoms with van der Waals surface area (Å²) in [4.78, 5) is 17.2. The van der Waals surface area contributed by atoms with E-state index in [0.29, 0.717) is 35.2 Å². The zero-order valence-corrected chi connectivity index (χ0v) is 16.8. The van der Waals surface area contributed by atoms with Gasteiger partial charge < -0.3 is 15.9 Å². The van der Waals surface area contributed by atoms with Crippen molar-refractivity contribution in [1.82, 2.24) is 9.97 Å². The summed E-state index contributed by atoms with van der Waals surface area (Å²) < 4.78 is 31.7. The second-order valence-corrected chi connectivity index (χ2v) is 6.50. The quantitative estimate of drug-likeness (QED) is 0.539. The molecule has 0 atom stereocenters. The summed E-state index contributed by atoms with van der Waals surface area (Å²) in [5.74, 6) is -2.63. The van der Waals surface area contributed by atoms with Crippen molar-refractivity contribution in [1.29, 1.82) is 10.5 Å². The number of phenolic OH excluding ortho intramolecular Hbond substituents is 1. The van der Waals surface area contributed by atoms with Crippen molar-refractivity contribution in [3.8, 4) is 29.0 Å². The number of halogens is 3. The average molecular weight is 455 g/mol. The van der Waals surface area contributed by atoms with Gasteiger partial charge >= 0.3 is 12.1 Å². The highest BCUT2D eigenvalue weighted by Crippen LogP contribution is 2.33. The number of hydrogen-bond acceptors (Lipinski definition) is 7. The van der Waals surface area contributed by atoms with Crippen molar-refractivity contribution in [2.75, 3.05) is 5.73 Å². The summed E-state index contributed by atoms with van der Waals surface area (Å²) in [6, 6.07) is 14.4. The lowest BCUT2D eigenvalue weighted by atomic mass is 9.93. The Morgan fingerprint density at radius 3 is 2.18 bits per heavy atom. The molecule has 0 saturated carbocycles. The van der Waals surface area contributed by atoms with Crippen molar-refractivity contribution in [2.45, 2.75) is 19.0 Å². The molecule has 3 rings (SSSR count). The Morgan fingerprint density at radius 1 is 1.06 bits per heavy atom. The van der Waals surface area contributed by atoms with Crippen molar-refractivity contribution >= 4 is 11.8 Å². The molecular weight excluding hydrogens is 439 g/mol. The number of nitrogens with zero attached hydrogens (tertiary/aromatic N) is 4. The molecule has 8 nitrogen and oxygen atoms in total. The first-order chi connectivity index (χ1) is 15.6. The van der Waals surface area contributed by atoms with Gasteiger partial charge in [0.2, 0.25) is 0 Å². The fourth-order valence-electron chi connectivity index (χ4n) is 2.83. The van der Waals surface area contributed by atoms with Crippen LogP contribution in [0.2, 0.25) is 0 Å². The molecule has 2 aromatic heterocycles. The third-order valence-corrected chi connectivity index (χ3v) is 4.30. The van der Waals surface area contributed by atoms with Crippen LogP contribution in [0.25, 0.3) is 11.1 Å². The number of phenols is 1. The third kappa shape index (κ3) is 6.42. The highest BCUT2D eigenvalue weighted by Gasteiger charge is 2.38. The molecular formula is C22H16F3N5O3. The van der Waals surface area contributed by atoms with Crippen LogP contribution < -0.4 is 5.73 Å². The fourth-order valence-corrected chi connectivity index (χ4v) is 2.83. The van der Waals surface area contributed by atoms with Gasteiger partial charge in [-0.05, 0) is 48.2 Å². The van der Waals surface area contributed by atoms with E-state index in [9.17, 15) is 28.8 Å². The molecule has 3 aromatic rings. The van der Waals surface area contributed by atoms with Crippen LogP contribution in [0.5, 0.6) is 5.75 Å². The average Bonchev–Trinajstić information content (AvgIpc) is 2.77. The largest absolute Gasteiger partial charge is 0.508 e. The Bertz CT molecular complexity index is 1230. The van der Waals surface area contributed by atoms with E-state index in [4.69, 9.17) is 15.6 Å². The maximum absolute atomic E-state index is 10.6. The molecule has 0 saturated heterocycles. The molecule has 0 radical (unpaired) electrons. The normalized spacial score (nSPS) is 10.3. The van der Waals surface area contributed by atoms with E-state index in [1.165, 1.54) is 12.1 Å². The minimum atomic E-state index is -5.08. The van der Waals surface area contributed by atoms with E-state index in [1.807, 2.05) is 18.2 Å². The SMILES string of the molecule is N#Cc1c(N)nc(CCc2ccncc2)c(C#N)c1-c1cccc(O)c1.O=C(O)C(F)(F)F. The number of carbonyl (C=O) groups is 1. The van der Waals surface area contributed by atoms with Gasteiger partial charge in [0.1, 0.15) is 29.3 Å². The molecule has 0 unspecified atom stereocenters. The van der Waals surface area contributed by atoms with Crippen molar-refractivity contribution in [2.24, 2.45) is 0 Å². The zero-order valence-electron chi connectivity index (χ0n) is 16.8. The number of nitrogen functional groups attached to an aromatic ring is 1. The standard InChI is InChI=1S/C20H15N5O.C2HF3O2/c21-11-16-18(5-4-13-6-8-24-9-7-13)25-20(23)17(12-22)19(16)14-2-1-3-15(26)10-14;3-2(4,5)1(6)7/h1-3,6-10,26H,4-5H2,(H2,23,25);(H,6,7). The number of carboxylic acids is 1. The van der Waals surface area contributed by atoms with Gasteiger partial charge in [-0.25, -0.2) is 9.78 Å². The third-order valence-electron chi connectivity index (χ3n) is 4.30. The highest BCUT2D eigenvalue weighted by molar-refractivity contribution is 5.81. The molecule has 0 amide bonds. The van der Waals surface area contributed by atoms with Crippen molar-refractivity contribution in [3.05, 3.63) is 71.2 Å². The second-order valence-electron chi connectivity index (χ2n) is 6.50. The van der Waals surface area contributed by atoms with Crippen LogP contribution in [0.15, 0.2) is 48.8 Å². The number of anilines is 1. The molecule has 33 heavy (non-hydrogen) atoms. The molecule has 2 heterocycles. The van der Waals surface area contributed by atoms with E-state index >= 15 is 0 Å². The molecule has 168 valence electrons.